The highest BCUT2D eigenvalue weighted by atomic mass is 16.1. The van der Waals surface area contributed by atoms with Crippen LogP contribution in [-0.4, -0.2) is 35.4 Å². The Morgan fingerprint density at radius 3 is 2.84 bits per heavy atom. The maximum Gasteiger partial charge on any atom is 0.216 e. The Bertz CT molecular complexity index is 399. The van der Waals surface area contributed by atoms with Crippen molar-refractivity contribution in [3.8, 4) is 0 Å². The Morgan fingerprint density at radius 1 is 1.53 bits per heavy atom. The second kappa shape index (κ2) is 6.66. The van der Waals surface area contributed by atoms with Crippen LogP contribution >= 0.6 is 0 Å². The zero-order chi connectivity index (χ0) is 13.7. The molecule has 4 heteroatoms. The molecule has 0 unspecified atom stereocenters. The predicted octanol–water partition coefficient (Wildman–Crippen LogP) is 1.99. The molecule has 1 aromatic heterocycles. The summed E-state index contributed by atoms with van der Waals surface area (Å²) in [5.41, 5.74) is 1.28. The first kappa shape index (κ1) is 14.0. The van der Waals surface area contributed by atoms with Crippen LogP contribution in [0.4, 0.5) is 0 Å². The van der Waals surface area contributed by atoms with E-state index in [9.17, 15) is 4.79 Å². The SMILES string of the molecule is CC(=O)NCC1CCN([C@H](C)c2cccnc2)CC1. The Kier molecular flexibility index (Phi) is 4.91. The minimum absolute atomic E-state index is 0.0751. The van der Waals surface area contributed by atoms with Crippen molar-refractivity contribution in [1.82, 2.24) is 15.2 Å². The van der Waals surface area contributed by atoms with Crippen molar-refractivity contribution in [3.63, 3.8) is 0 Å². The lowest BCUT2D eigenvalue weighted by Gasteiger charge is -2.36. The second-order valence-corrected chi connectivity index (χ2v) is 5.38. The third-order valence-electron chi connectivity index (χ3n) is 4.00. The zero-order valence-corrected chi connectivity index (χ0v) is 11.8. The quantitative estimate of drug-likeness (QED) is 0.901. The van der Waals surface area contributed by atoms with Crippen molar-refractivity contribution >= 4 is 5.91 Å². The molecule has 1 N–H and O–H groups in total. The highest BCUT2D eigenvalue weighted by Crippen LogP contribution is 2.25. The van der Waals surface area contributed by atoms with Crippen LogP contribution < -0.4 is 5.32 Å². The molecule has 19 heavy (non-hydrogen) atoms. The topological polar surface area (TPSA) is 45.2 Å². The average molecular weight is 261 g/mol. The molecule has 1 aromatic rings. The van der Waals surface area contributed by atoms with Gasteiger partial charge in [-0.1, -0.05) is 6.07 Å². The molecule has 0 spiro atoms. The van der Waals surface area contributed by atoms with E-state index in [4.69, 9.17) is 0 Å². The minimum atomic E-state index is 0.0751. The lowest BCUT2D eigenvalue weighted by molar-refractivity contribution is -0.119. The van der Waals surface area contributed by atoms with Gasteiger partial charge in [-0.15, -0.1) is 0 Å². The number of pyridine rings is 1. The highest BCUT2D eigenvalue weighted by molar-refractivity contribution is 5.72. The maximum atomic E-state index is 10.9. The Morgan fingerprint density at radius 2 is 2.26 bits per heavy atom. The van der Waals surface area contributed by atoms with Crippen LogP contribution in [0.15, 0.2) is 24.5 Å². The largest absolute Gasteiger partial charge is 0.356 e. The lowest BCUT2D eigenvalue weighted by Crippen LogP contribution is -2.39. The third kappa shape index (κ3) is 4.03. The van der Waals surface area contributed by atoms with Crippen LogP contribution in [0.3, 0.4) is 0 Å². The first-order chi connectivity index (χ1) is 9.16. The van der Waals surface area contributed by atoms with Gasteiger partial charge in [0.05, 0.1) is 0 Å². The number of hydrogen-bond acceptors (Lipinski definition) is 3. The fourth-order valence-electron chi connectivity index (χ4n) is 2.67. The number of carbonyl (C=O) groups excluding carboxylic acids is 1. The molecule has 4 nitrogen and oxygen atoms in total. The maximum absolute atomic E-state index is 10.9. The van der Waals surface area contributed by atoms with Gasteiger partial charge in [0, 0.05) is 31.9 Å². The molecule has 2 heterocycles. The van der Waals surface area contributed by atoms with Crippen molar-refractivity contribution in [2.75, 3.05) is 19.6 Å². The van der Waals surface area contributed by atoms with Gasteiger partial charge in [0.1, 0.15) is 0 Å². The number of carbonyl (C=O) groups is 1. The van der Waals surface area contributed by atoms with Crippen LogP contribution in [0.5, 0.6) is 0 Å². The van der Waals surface area contributed by atoms with E-state index in [1.54, 1.807) is 6.92 Å². The summed E-state index contributed by atoms with van der Waals surface area (Å²) in [5.74, 6) is 0.701. The van der Waals surface area contributed by atoms with E-state index in [2.05, 4.69) is 28.2 Å². The van der Waals surface area contributed by atoms with Gasteiger partial charge in [-0.05, 0) is 50.4 Å². The summed E-state index contributed by atoms with van der Waals surface area (Å²) in [7, 11) is 0. The van der Waals surface area contributed by atoms with Gasteiger partial charge >= 0.3 is 0 Å². The van der Waals surface area contributed by atoms with E-state index in [-0.39, 0.29) is 5.91 Å². The fourth-order valence-corrected chi connectivity index (χ4v) is 2.67. The highest BCUT2D eigenvalue weighted by Gasteiger charge is 2.23. The fraction of sp³-hybridized carbons (Fsp3) is 0.600. The average Bonchev–Trinajstić information content (AvgIpc) is 2.46. The van der Waals surface area contributed by atoms with E-state index in [0.717, 1.165) is 32.5 Å². The molecular formula is C15H23N3O. The first-order valence-electron chi connectivity index (χ1n) is 7.05. The summed E-state index contributed by atoms with van der Waals surface area (Å²) >= 11 is 0. The number of piperidine rings is 1. The van der Waals surface area contributed by atoms with Gasteiger partial charge in [-0.2, -0.15) is 0 Å². The van der Waals surface area contributed by atoms with Crippen molar-refractivity contribution in [1.29, 1.82) is 0 Å². The van der Waals surface area contributed by atoms with Crippen molar-refractivity contribution in [3.05, 3.63) is 30.1 Å². The minimum Gasteiger partial charge on any atom is -0.356 e. The first-order valence-corrected chi connectivity index (χ1v) is 7.05. The van der Waals surface area contributed by atoms with Crippen LogP contribution in [0.1, 0.15) is 38.3 Å². The molecule has 1 saturated heterocycles. The third-order valence-corrected chi connectivity index (χ3v) is 4.00. The number of nitrogens with zero attached hydrogens (tertiary/aromatic N) is 2. The number of aromatic nitrogens is 1. The molecule has 0 aliphatic carbocycles. The number of amides is 1. The standard InChI is InChI=1S/C15H23N3O/c1-12(15-4-3-7-16-11-15)18-8-5-14(6-9-18)10-17-13(2)19/h3-4,7,11-12,14H,5-6,8-10H2,1-2H3,(H,17,19)/t12-/m1/s1. The van der Waals surface area contributed by atoms with Gasteiger partial charge in [-0.3, -0.25) is 14.7 Å². The van der Waals surface area contributed by atoms with Gasteiger partial charge in [0.15, 0.2) is 0 Å². The van der Waals surface area contributed by atoms with Gasteiger partial charge in [-0.25, -0.2) is 0 Å². The van der Waals surface area contributed by atoms with Crippen LogP contribution in [0.2, 0.25) is 0 Å². The molecule has 0 radical (unpaired) electrons. The van der Waals surface area contributed by atoms with Gasteiger partial charge < -0.3 is 5.32 Å². The van der Waals surface area contributed by atoms with Crippen molar-refractivity contribution < 1.29 is 4.79 Å². The molecule has 1 fully saturated rings. The molecule has 0 bridgehead atoms. The van der Waals surface area contributed by atoms with Gasteiger partial charge in [0.25, 0.3) is 0 Å². The Hall–Kier alpha value is -1.42. The number of likely N-dealkylation sites (tertiary alicyclic amines) is 1. The summed E-state index contributed by atoms with van der Waals surface area (Å²) in [4.78, 5) is 17.6. The van der Waals surface area contributed by atoms with E-state index < -0.39 is 0 Å². The molecule has 0 aromatic carbocycles. The molecular weight excluding hydrogens is 238 g/mol. The molecule has 1 aliphatic rings. The molecule has 104 valence electrons. The monoisotopic (exact) mass is 261 g/mol. The van der Waals surface area contributed by atoms with E-state index >= 15 is 0 Å². The second-order valence-electron chi connectivity index (χ2n) is 5.38. The molecule has 0 saturated carbocycles. The summed E-state index contributed by atoms with van der Waals surface area (Å²) < 4.78 is 0. The van der Waals surface area contributed by atoms with E-state index in [0.29, 0.717) is 12.0 Å². The van der Waals surface area contributed by atoms with Crippen molar-refractivity contribution in [2.45, 2.75) is 32.7 Å². The summed E-state index contributed by atoms with van der Waals surface area (Å²) in [5, 5.41) is 2.92. The summed E-state index contributed by atoms with van der Waals surface area (Å²) in [6.07, 6.45) is 6.08. The summed E-state index contributed by atoms with van der Waals surface area (Å²) in [6, 6.07) is 4.56. The van der Waals surface area contributed by atoms with Crippen molar-refractivity contribution in [2.24, 2.45) is 5.92 Å². The predicted molar refractivity (Wildman–Crippen MR) is 75.6 cm³/mol. The van der Waals surface area contributed by atoms with E-state index in [1.165, 1.54) is 5.56 Å². The summed E-state index contributed by atoms with van der Waals surface area (Å²) in [6.45, 7) is 6.84. The Balaban J connectivity index is 1.81. The van der Waals surface area contributed by atoms with Crippen LogP contribution in [-0.2, 0) is 4.79 Å². The normalized spacial score (nSPS) is 19.1. The van der Waals surface area contributed by atoms with E-state index in [1.807, 2.05) is 18.5 Å². The van der Waals surface area contributed by atoms with Crippen LogP contribution in [0.25, 0.3) is 0 Å². The smallest absolute Gasteiger partial charge is 0.216 e. The Labute approximate surface area is 115 Å². The zero-order valence-electron chi connectivity index (χ0n) is 11.8. The number of rotatable bonds is 4. The van der Waals surface area contributed by atoms with Gasteiger partial charge in [0.2, 0.25) is 5.91 Å². The van der Waals surface area contributed by atoms with Crippen LogP contribution in [0, 0.1) is 5.92 Å². The molecule has 1 aliphatic heterocycles. The molecule has 2 rings (SSSR count). The lowest BCUT2D eigenvalue weighted by atomic mass is 9.95. The molecule has 1 atom stereocenters. The molecule has 1 amide bonds. The number of nitrogens with one attached hydrogen (secondary N) is 1. The number of hydrogen-bond donors (Lipinski definition) is 1.